The van der Waals surface area contributed by atoms with Gasteiger partial charge >= 0.3 is 0 Å². The van der Waals surface area contributed by atoms with E-state index in [9.17, 15) is 14.4 Å². The second-order valence-electron chi connectivity index (χ2n) is 4.43. The van der Waals surface area contributed by atoms with Crippen LogP contribution in [0.1, 0.15) is 27.4 Å². The number of hydrogen-bond acceptors (Lipinski definition) is 2. The molecule has 2 aromatic rings. The Hall–Kier alpha value is -2.18. The molecule has 0 radical (unpaired) electrons. The van der Waals surface area contributed by atoms with E-state index < -0.39 is 17.5 Å². The van der Waals surface area contributed by atoms with Gasteiger partial charge in [0.1, 0.15) is 11.7 Å². The molecule has 0 aliphatic carbocycles. The molecule has 0 bridgehead atoms. The zero-order valence-electron chi connectivity index (χ0n) is 10.7. The van der Waals surface area contributed by atoms with Crippen LogP contribution in [-0.4, -0.2) is 5.78 Å². The predicted molar refractivity (Wildman–Crippen MR) is 75.3 cm³/mol. The lowest BCUT2D eigenvalue weighted by Gasteiger charge is -2.11. The summed E-state index contributed by atoms with van der Waals surface area (Å²) in [7, 11) is 0. The highest BCUT2D eigenvalue weighted by Crippen LogP contribution is 2.28. The molecule has 0 saturated carbocycles. The van der Waals surface area contributed by atoms with Gasteiger partial charge in [-0.05, 0) is 30.7 Å². The first-order chi connectivity index (χ1) is 9.54. The van der Waals surface area contributed by atoms with E-state index in [2.05, 4.69) is 0 Å². The first kappa shape index (κ1) is 14.2. The number of halogens is 2. The van der Waals surface area contributed by atoms with Crippen molar-refractivity contribution in [3.63, 3.8) is 0 Å². The van der Waals surface area contributed by atoms with Crippen LogP contribution >= 0.6 is 11.6 Å². The van der Waals surface area contributed by atoms with Gasteiger partial charge in [0, 0.05) is 5.02 Å². The molecule has 2 nitrogen and oxygen atoms in total. The third-order valence-corrected chi connectivity index (χ3v) is 3.34. The number of nitrogens with zero attached hydrogens (tertiary/aromatic N) is 1. The molecule has 4 heteroatoms. The van der Waals surface area contributed by atoms with Crippen molar-refractivity contribution in [1.82, 2.24) is 0 Å². The number of benzene rings is 2. The highest BCUT2D eigenvalue weighted by molar-refractivity contribution is 6.31. The second kappa shape index (κ2) is 5.85. The standard InChI is InChI=1S/C16H11ClFNO/c1-10-6-7-15(18)12(8-10)16(20)13(9-19)11-4-2-3-5-14(11)17/h2-8,13H,1H3. The van der Waals surface area contributed by atoms with E-state index >= 15 is 0 Å². The van der Waals surface area contributed by atoms with Gasteiger partial charge in [-0.1, -0.05) is 41.4 Å². The minimum Gasteiger partial charge on any atom is -0.292 e. The third-order valence-electron chi connectivity index (χ3n) is 2.99. The van der Waals surface area contributed by atoms with Crippen LogP contribution in [0.3, 0.4) is 0 Å². The SMILES string of the molecule is Cc1ccc(F)c(C(=O)C(C#N)c2ccccc2Cl)c1. The summed E-state index contributed by atoms with van der Waals surface area (Å²) in [5.74, 6) is -2.32. The fourth-order valence-corrected chi connectivity index (χ4v) is 2.21. The third kappa shape index (κ3) is 2.71. The van der Waals surface area contributed by atoms with Crippen LogP contribution in [0.25, 0.3) is 0 Å². The Morgan fingerprint density at radius 3 is 2.65 bits per heavy atom. The summed E-state index contributed by atoms with van der Waals surface area (Å²) in [6, 6.07) is 12.7. The number of hydrogen-bond donors (Lipinski definition) is 0. The first-order valence-electron chi connectivity index (χ1n) is 5.99. The van der Waals surface area contributed by atoms with E-state index in [1.807, 2.05) is 6.07 Å². The summed E-state index contributed by atoms with van der Waals surface area (Å²) >= 11 is 6.00. The van der Waals surface area contributed by atoms with Crippen LogP contribution < -0.4 is 0 Å². The Morgan fingerprint density at radius 1 is 1.30 bits per heavy atom. The molecular weight excluding hydrogens is 277 g/mol. The predicted octanol–water partition coefficient (Wildman–Crippen LogP) is 4.28. The molecule has 2 aromatic carbocycles. The number of Topliss-reactive ketones (excluding diaryl/α,β-unsaturated/α-hetero) is 1. The Balaban J connectivity index is 2.48. The molecule has 1 atom stereocenters. The van der Waals surface area contributed by atoms with Crippen LogP contribution in [-0.2, 0) is 0 Å². The van der Waals surface area contributed by atoms with Crippen molar-refractivity contribution in [2.75, 3.05) is 0 Å². The summed E-state index contributed by atoms with van der Waals surface area (Å²) in [6.45, 7) is 1.76. The zero-order chi connectivity index (χ0) is 14.7. The van der Waals surface area contributed by atoms with Gasteiger partial charge in [0.05, 0.1) is 11.6 Å². The molecule has 0 heterocycles. The minimum absolute atomic E-state index is 0.0866. The number of carbonyl (C=O) groups excluding carboxylic acids is 1. The average Bonchev–Trinajstić information content (AvgIpc) is 2.44. The first-order valence-corrected chi connectivity index (χ1v) is 6.37. The maximum Gasteiger partial charge on any atom is 0.187 e. The lowest BCUT2D eigenvalue weighted by molar-refractivity contribution is 0.0975. The van der Waals surface area contributed by atoms with E-state index in [1.165, 1.54) is 12.1 Å². The van der Waals surface area contributed by atoms with Crippen LogP contribution in [0.15, 0.2) is 42.5 Å². The summed E-state index contributed by atoms with van der Waals surface area (Å²) in [6.07, 6.45) is 0. The maximum atomic E-state index is 13.8. The monoisotopic (exact) mass is 287 g/mol. The Bertz CT molecular complexity index is 706. The van der Waals surface area contributed by atoms with Crippen LogP contribution in [0, 0.1) is 24.1 Å². The van der Waals surface area contributed by atoms with E-state index in [0.717, 1.165) is 5.56 Å². The van der Waals surface area contributed by atoms with Crippen molar-refractivity contribution in [3.8, 4) is 6.07 Å². The van der Waals surface area contributed by atoms with Gasteiger partial charge in [-0.25, -0.2) is 4.39 Å². The fraction of sp³-hybridized carbons (Fsp3) is 0.125. The van der Waals surface area contributed by atoms with Crippen molar-refractivity contribution in [1.29, 1.82) is 5.26 Å². The molecule has 100 valence electrons. The summed E-state index contributed by atoms with van der Waals surface area (Å²) in [5.41, 5.74) is 1.06. The van der Waals surface area contributed by atoms with Crippen molar-refractivity contribution in [3.05, 3.63) is 70.0 Å². The largest absolute Gasteiger partial charge is 0.292 e. The second-order valence-corrected chi connectivity index (χ2v) is 4.84. The number of aryl methyl sites for hydroxylation is 1. The molecule has 0 aliphatic heterocycles. The fourth-order valence-electron chi connectivity index (χ4n) is 1.96. The molecular formula is C16H11ClFNO. The molecule has 0 aromatic heterocycles. The van der Waals surface area contributed by atoms with Gasteiger partial charge in [-0.15, -0.1) is 0 Å². The van der Waals surface area contributed by atoms with Gasteiger partial charge in [0.25, 0.3) is 0 Å². The summed E-state index contributed by atoms with van der Waals surface area (Å²) in [5, 5.41) is 9.56. The van der Waals surface area contributed by atoms with Crippen molar-refractivity contribution in [2.45, 2.75) is 12.8 Å². The van der Waals surface area contributed by atoms with Crippen LogP contribution in [0.5, 0.6) is 0 Å². The Labute approximate surface area is 121 Å². The van der Waals surface area contributed by atoms with Gasteiger partial charge in [-0.3, -0.25) is 4.79 Å². The molecule has 20 heavy (non-hydrogen) atoms. The number of nitriles is 1. The Morgan fingerprint density at radius 2 is 2.00 bits per heavy atom. The van der Waals surface area contributed by atoms with Gasteiger partial charge < -0.3 is 0 Å². The van der Waals surface area contributed by atoms with E-state index in [0.29, 0.717) is 10.6 Å². The van der Waals surface area contributed by atoms with Crippen molar-refractivity contribution < 1.29 is 9.18 Å². The smallest absolute Gasteiger partial charge is 0.187 e. The normalized spacial score (nSPS) is 11.7. The molecule has 0 fully saturated rings. The van der Waals surface area contributed by atoms with Crippen LogP contribution in [0.2, 0.25) is 5.02 Å². The molecule has 0 saturated heterocycles. The van der Waals surface area contributed by atoms with Gasteiger partial charge in [0.2, 0.25) is 0 Å². The van der Waals surface area contributed by atoms with Crippen molar-refractivity contribution >= 4 is 17.4 Å². The topological polar surface area (TPSA) is 40.9 Å². The molecule has 0 N–H and O–H groups in total. The molecule has 2 rings (SSSR count). The summed E-state index contributed by atoms with van der Waals surface area (Å²) < 4.78 is 13.8. The minimum atomic E-state index is -1.11. The van der Waals surface area contributed by atoms with Crippen LogP contribution in [0.4, 0.5) is 4.39 Å². The summed E-state index contributed by atoms with van der Waals surface area (Å²) in [4.78, 5) is 12.4. The van der Waals surface area contributed by atoms with E-state index in [1.54, 1.807) is 37.3 Å². The molecule has 0 amide bonds. The molecule has 0 aliphatic rings. The number of carbonyl (C=O) groups is 1. The number of rotatable bonds is 3. The maximum absolute atomic E-state index is 13.8. The zero-order valence-corrected chi connectivity index (χ0v) is 11.5. The molecule has 0 spiro atoms. The Kier molecular flexibility index (Phi) is 4.16. The van der Waals surface area contributed by atoms with Crippen molar-refractivity contribution in [2.24, 2.45) is 0 Å². The highest BCUT2D eigenvalue weighted by atomic mass is 35.5. The number of ketones is 1. The average molecular weight is 288 g/mol. The lowest BCUT2D eigenvalue weighted by Crippen LogP contribution is -2.13. The molecule has 1 unspecified atom stereocenters. The van der Waals surface area contributed by atoms with Gasteiger partial charge in [-0.2, -0.15) is 5.26 Å². The van der Waals surface area contributed by atoms with E-state index in [4.69, 9.17) is 11.6 Å². The quantitative estimate of drug-likeness (QED) is 0.791. The lowest BCUT2D eigenvalue weighted by atomic mass is 9.91. The van der Waals surface area contributed by atoms with E-state index in [-0.39, 0.29) is 5.56 Å². The van der Waals surface area contributed by atoms with Gasteiger partial charge in [0.15, 0.2) is 5.78 Å². The highest BCUT2D eigenvalue weighted by Gasteiger charge is 2.26.